The van der Waals surface area contributed by atoms with Gasteiger partial charge in [-0.3, -0.25) is 14.4 Å². The number of rotatable bonds is 10. The molecule has 0 aromatic heterocycles. The minimum Gasteiger partial charge on any atom is -0.481 e. The maximum atomic E-state index is 12.6. The van der Waals surface area contributed by atoms with Crippen LogP contribution >= 0.6 is 0 Å². The molecule has 138 valence electrons. The molecule has 9 heteroatoms. The van der Waals surface area contributed by atoms with Gasteiger partial charge in [-0.05, 0) is 12.3 Å². The summed E-state index contributed by atoms with van der Waals surface area (Å²) in [6.07, 6.45) is -0.513. The van der Waals surface area contributed by atoms with E-state index in [0.717, 1.165) is 0 Å². The van der Waals surface area contributed by atoms with Crippen LogP contribution in [0.2, 0.25) is 0 Å². The summed E-state index contributed by atoms with van der Waals surface area (Å²) < 4.78 is 0. The van der Waals surface area contributed by atoms with E-state index >= 15 is 0 Å². The summed E-state index contributed by atoms with van der Waals surface area (Å²) in [4.78, 5) is 47.5. The highest BCUT2D eigenvalue weighted by atomic mass is 16.4. The van der Waals surface area contributed by atoms with Crippen molar-refractivity contribution < 1.29 is 29.4 Å². The summed E-state index contributed by atoms with van der Waals surface area (Å²) in [7, 11) is 0. The Bertz CT molecular complexity index is 531. The van der Waals surface area contributed by atoms with Crippen molar-refractivity contribution in [2.45, 2.75) is 58.2 Å². The molecule has 0 aromatic carbocycles. The number of hydrogen-bond acceptors (Lipinski definition) is 7. The number of hydrogen-bond donors (Lipinski definition) is 5. The fraction of sp³-hybridized carbons (Fsp3) is 0.733. The lowest BCUT2D eigenvalue weighted by atomic mass is 9.64. The van der Waals surface area contributed by atoms with Crippen molar-refractivity contribution in [3.63, 3.8) is 0 Å². The van der Waals surface area contributed by atoms with Crippen molar-refractivity contribution in [2.75, 3.05) is 0 Å². The Hall–Kier alpha value is -1.84. The van der Waals surface area contributed by atoms with Crippen LogP contribution in [-0.4, -0.2) is 51.3 Å². The Morgan fingerprint density at radius 1 is 0.958 bits per heavy atom. The predicted molar refractivity (Wildman–Crippen MR) is 86.0 cm³/mol. The zero-order valence-corrected chi connectivity index (χ0v) is 14.4. The third kappa shape index (κ3) is 4.37. The Labute approximate surface area is 140 Å². The van der Waals surface area contributed by atoms with Gasteiger partial charge in [-0.2, -0.15) is 0 Å². The second-order valence-electron chi connectivity index (χ2n) is 6.91. The molecule has 0 aliphatic rings. The number of nitrogens with two attached hydrogens (primary N) is 3. The van der Waals surface area contributed by atoms with Crippen LogP contribution in [0.5, 0.6) is 0 Å². The Morgan fingerprint density at radius 2 is 1.42 bits per heavy atom. The first-order chi connectivity index (χ1) is 10.7. The molecule has 0 saturated heterocycles. The van der Waals surface area contributed by atoms with Crippen LogP contribution in [0.3, 0.4) is 0 Å². The van der Waals surface area contributed by atoms with E-state index < -0.39 is 53.0 Å². The molecule has 0 amide bonds. The molecule has 3 atom stereocenters. The highest BCUT2D eigenvalue weighted by molar-refractivity contribution is 6.15. The van der Waals surface area contributed by atoms with Gasteiger partial charge in [-0.1, -0.05) is 27.7 Å². The molecule has 0 heterocycles. The lowest BCUT2D eigenvalue weighted by Crippen LogP contribution is -2.71. The van der Waals surface area contributed by atoms with Crippen LogP contribution < -0.4 is 17.2 Å². The lowest BCUT2D eigenvalue weighted by molar-refractivity contribution is -0.160. The average molecular weight is 345 g/mol. The Balaban J connectivity index is 5.84. The molecule has 0 fully saturated rings. The van der Waals surface area contributed by atoms with Crippen LogP contribution in [0.4, 0.5) is 0 Å². The molecule has 0 aliphatic heterocycles. The second kappa shape index (κ2) is 7.82. The highest BCUT2D eigenvalue weighted by Crippen LogP contribution is 2.34. The molecule has 8 N–H and O–H groups in total. The number of carbonyl (C=O) groups excluding carboxylic acids is 2. The summed E-state index contributed by atoms with van der Waals surface area (Å²) in [6.45, 7) is 6.08. The van der Waals surface area contributed by atoms with Gasteiger partial charge in [0.05, 0.1) is 23.9 Å². The lowest BCUT2D eigenvalue weighted by Gasteiger charge is -2.40. The Morgan fingerprint density at radius 3 is 1.75 bits per heavy atom. The third-order valence-corrected chi connectivity index (χ3v) is 4.12. The van der Waals surface area contributed by atoms with Crippen LogP contribution in [-0.2, 0) is 19.2 Å². The topological polar surface area (TPSA) is 187 Å². The zero-order valence-electron chi connectivity index (χ0n) is 14.4. The summed E-state index contributed by atoms with van der Waals surface area (Å²) >= 11 is 0. The van der Waals surface area contributed by atoms with E-state index in [1.807, 2.05) is 13.8 Å². The molecule has 24 heavy (non-hydrogen) atoms. The van der Waals surface area contributed by atoms with Gasteiger partial charge >= 0.3 is 11.9 Å². The van der Waals surface area contributed by atoms with Crippen molar-refractivity contribution >= 4 is 23.5 Å². The number of aliphatic carboxylic acids is 2. The van der Waals surface area contributed by atoms with E-state index in [1.165, 1.54) is 13.8 Å². The van der Waals surface area contributed by atoms with Gasteiger partial charge in [0, 0.05) is 0 Å². The summed E-state index contributed by atoms with van der Waals surface area (Å²) in [6, 6.07) is -2.66. The van der Waals surface area contributed by atoms with Crippen molar-refractivity contribution in [1.82, 2.24) is 0 Å². The number of ketones is 2. The van der Waals surface area contributed by atoms with Gasteiger partial charge < -0.3 is 27.4 Å². The molecule has 0 radical (unpaired) electrons. The van der Waals surface area contributed by atoms with Gasteiger partial charge in [-0.15, -0.1) is 0 Å². The van der Waals surface area contributed by atoms with E-state index in [4.69, 9.17) is 22.3 Å². The van der Waals surface area contributed by atoms with Gasteiger partial charge in [0.1, 0.15) is 0 Å². The first-order valence-corrected chi connectivity index (χ1v) is 7.53. The number of Topliss-reactive ketones (excluding diaryl/α,β-unsaturated/α-hetero) is 2. The van der Waals surface area contributed by atoms with E-state index in [9.17, 15) is 24.3 Å². The molecule has 0 saturated carbocycles. The molecule has 0 aromatic rings. The average Bonchev–Trinajstić information content (AvgIpc) is 2.42. The molecule has 3 unspecified atom stereocenters. The van der Waals surface area contributed by atoms with Crippen LogP contribution in [0.1, 0.15) is 40.5 Å². The first kappa shape index (κ1) is 22.2. The molecule has 0 spiro atoms. The standard InChI is InChI=1S/C15H27N3O6/c1-7(2)5-8(16)11(21)14(3,4)15(18,13(23)24)12(22)9(17)6-10(19)20/h7-9H,5-6,16-18H2,1-4H3,(H,19,20)(H,23,24). The van der Waals surface area contributed by atoms with E-state index in [0.29, 0.717) is 0 Å². The maximum Gasteiger partial charge on any atom is 0.332 e. The monoisotopic (exact) mass is 345 g/mol. The van der Waals surface area contributed by atoms with Crippen molar-refractivity contribution in [2.24, 2.45) is 28.5 Å². The first-order valence-electron chi connectivity index (χ1n) is 7.53. The Kier molecular flexibility index (Phi) is 7.22. The predicted octanol–water partition coefficient (Wildman–Crippen LogP) is -0.892. The van der Waals surface area contributed by atoms with Crippen molar-refractivity contribution in [3.05, 3.63) is 0 Å². The van der Waals surface area contributed by atoms with Gasteiger partial charge in [0.15, 0.2) is 17.1 Å². The normalized spacial score (nSPS) is 17.0. The largest absolute Gasteiger partial charge is 0.481 e. The highest BCUT2D eigenvalue weighted by Gasteiger charge is 2.59. The second-order valence-corrected chi connectivity index (χ2v) is 6.91. The molecule has 0 aliphatic carbocycles. The zero-order chi connectivity index (χ0) is 19.5. The van der Waals surface area contributed by atoms with E-state index in [-0.39, 0.29) is 12.3 Å². The third-order valence-electron chi connectivity index (χ3n) is 4.12. The molecular weight excluding hydrogens is 318 g/mol. The number of carbonyl (C=O) groups is 4. The molecule has 0 rings (SSSR count). The van der Waals surface area contributed by atoms with Gasteiger partial charge in [0.2, 0.25) is 0 Å². The van der Waals surface area contributed by atoms with Crippen LogP contribution in [0, 0.1) is 11.3 Å². The van der Waals surface area contributed by atoms with Gasteiger partial charge in [-0.25, -0.2) is 4.79 Å². The molecule has 0 bridgehead atoms. The number of carboxylic acid groups (broad SMARTS) is 2. The van der Waals surface area contributed by atoms with E-state index in [1.54, 1.807) is 0 Å². The summed E-state index contributed by atoms with van der Waals surface area (Å²) in [5.41, 5.74) is 12.6. The van der Waals surface area contributed by atoms with E-state index in [2.05, 4.69) is 0 Å². The maximum absolute atomic E-state index is 12.6. The van der Waals surface area contributed by atoms with Crippen molar-refractivity contribution in [3.8, 4) is 0 Å². The summed E-state index contributed by atoms with van der Waals surface area (Å²) in [5.74, 6) is -5.00. The quantitative estimate of drug-likeness (QED) is 0.313. The number of carboxylic acids is 2. The smallest absolute Gasteiger partial charge is 0.332 e. The minimum atomic E-state index is -2.69. The SMILES string of the molecule is CC(C)CC(N)C(=O)C(C)(C)C(N)(C(=O)O)C(=O)C(N)CC(=O)O. The minimum absolute atomic E-state index is 0.0710. The summed E-state index contributed by atoms with van der Waals surface area (Å²) in [5, 5.41) is 18.2. The fourth-order valence-electron chi connectivity index (χ4n) is 2.53. The van der Waals surface area contributed by atoms with Crippen LogP contribution in [0.15, 0.2) is 0 Å². The molecular formula is C15H27N3O6. The van der Waals surface area contributed by atoms with Crippen LogP contribution in [0.25, 0.3) is 0 Å². The van der Waals surface area contributed by atoms with Gasteiger partial charge in [0.25, 0.3) is 0 Å². The molecule has 9 nitrogen and oxygen atoms in total. The van der Waals surface area contributed by atoms with Crippen molar-refractivity contribution in [1.29, 1.82) is 0 Å². The fourth-order valence-corrected chi connectivity index (χ4v) is 2.53.